The molecular formula is C13H9F2NO2S. The fourth-order valence-electron chi connectivity index (χ4n) is 1.54. The van der Waals surface area contributed by atoms with Gasteiger partial charge in [-0.25, -0.2) is 4.79 Å². The van der Waals surface area contributed by atoms with E-state index < -0.39 is 11.7 Å². The molecule has 0 saturated heterocycles. The van der Waals surface area contributed by atoms with E-state index >= 15 is 0 Å². The minimum atomic E-state index is -2.46. The molecular weight excluding hydrogens is 272 g/mol. The summed E-state index contributed by atoms with van der Waals surface area (Å²) in [6.45, 7) is 0. The number of hydrogen-bond donors (Lipinski definition) is 1. The lowest BCUT2D eigenvalue weighted by atomic mass is 10.1. The van der Waals surface area contributed by atoms with Gasteiger partial charge in [0, 0.05) is 22.9 Å². The SMILES string of the molecule is O=C(O)c1cncc(-c2ccc(SC(F)F)cc2)c1. The van der Waals surface area contributed by atoms with Crippen molar-refractivity contribution in [2.45, 2.75) is 10.7 Å². The van der Waals surface area contributed by atoms with Crippen molar-refractivity contribution < 1.29 is 18.7 Å². The van der Waals surface area contributed by atoms with Crippen LogP contribution in [0.25, 0.3) is 11.1 Å². The first kappa shape index (κ1) is 13.5. The molecule has 0 aliphatic rings. The molecule has 0 fully saturated rings. The van der Waals surface area contributed by atoms with E-state index in [1.54, 1.807) is 24.3 Å². The van der Waals surface area contributed by atoms with Crippen LogP contribution in [0.15, 0.2) is 47.6 Å². The molecule has 0 aliphatic carbocycles. The second kappa shape index (κ2) is 5.79. The van der Waals surface area contributed by atoms with Gasteiger partial charge >= 0.3 is 5.97 Å². The fourth-order valence-corrected chi connectivity index (χ4v) is 2.04. The van der Waals surface area contributed by atoms with E-state index in [-0.39, 0.29) is 5.56 Å². The average Bonchev–Trinajstić information content (AvgIpc) is 2.39. The van der Waals surface area contributed by atoms with Crippen molar-refractivity contribution in [2.24, 2.45) is 0 Å². The second-order valence-electron chi connectivity index (χ2n) is 3.67. The van der Waals surface area contributed by atoms with Gasteiger partial charge in [0.2, 0.25) is 0 Å². The summed E-state index contributed by atoms with van der Waals surface area (Å²) in [5, 5.41) is 8.87. The van der Waals surface area contributed by atoms with Crippen molar-refractivity contribution in [3.63, 3.8) is 0 Å². The maximum atomic E-state index is 12.2. The van der Waals surface area contributed by atoms with E-state index in [4.69, 9.17) is 5.11 Å². The summed E-state index contributed by atoms with van der Waals surface area (Å²) in [5.74, 6) is -3.51. The molecule has 0 radical (unpaired) electrons. The Kier molecular flexibility index (Phi) is 4.11. The number of rotatable bonds is 4. The van der Waals surface area contributed by atoms with Crippen LogP contribution in [0.5, 0.6) is 0 Å². The number of carbonyl (C=O) groups is 1. The van der Waals surface area contributed by atoms with Crippen LogP contribution in [0.4, 0.5) is 8.78 Å². The van der Waals surface area contributed by atoms with Crippen molar-refractivity contribution >= 4 is 17.7 Å². The number of halogens is 2. The van der Waals surface area contributed by atoms with E-state index in [1.807, 2.05) is 0 Å². The van der Waals surface area contributed by atoms with E-state index in [0.29, 0.717) is 22.2 Å². The molecule has 0 atom stereocenters. The molecule has 0 amide bonds. The molecule has 1 aromatic heterocycles. The van der Waals surface area contributed by atoms with Crippen LogP contribution >= 0.6 is 11.8 Å². The number of aromatic carboxylic acids is 1. The molecule has 1 N–H and O–H groups in total. The molecule has 0 bridgehead atoms. The number of carboxylic acid groups (broad SMARTS) is 1. The molecule has 1 heterocycles. The van der Waals surface area contributed by atoms with Gasteiger partial charge in [-0.3, -0.25) is 4.98 Å². The predicted molar refractivity (Wildman–Crippen MR) is 68.5 cm³/mol. The monoisotopic (exact) mass is 281 g/mol. The first-order valence-electron chi connectivity index (χ1n) is 5.30. The quantitative estimate of drug-likeness (QED) is 0.867. The number of hydrogen-bond acceptors (Lipinski definition) is 3. The van der Waals surface area contributed by atoms with Gasteiger partial charge in [-0.15, -0.1) is 0 Å². The van der Waals surface area contributed by atoms with E-state index in [1.165, 1.54) is 18.5 Å². The van der Waals surface area contributed by atoms with Gasteiger partial charge in [0.25, 0.3) is 5.76 Å². The lowest BCUT2D eigenvalue weighted by molar-refractivity contribution is 0.0696. The molecule has 0 saturated carbocycles. The summed E-state index contributed by atoms with van der Waals surface area (Å²) >= 11 is 0.467. The van der Waals surface area contributed by atoms with Crippen molar-refractivity contribution in [1.82, 2.24) is 4.98 Å². The van der Waals surface area contributed by atoms with Crippen molar-refractivity contribution in [3.05, 3.63) is 48.3 Å². The van der Waals surface area contributed by atoms with Gasteiger partial charge in [-0.05, 0) is 23.8 Å². The van der Waals surface area contributed by atoms with Crippen LogP contribution < -0.4 is 0 Å². The number of nitrogens with zero attached hydrogens (tertiary/aromatic N) is 1. The second-order valence-corrected chi connectivity index (χ2v) is 4.73. The number of thioether (sulfide) groups is 1. The first-order valence-corrected chi connectivity index (χ1v) is 6.18. The Hall–Kier alpha value is -1.95. The third-order valence-electron chi connectivity index (χ3n) is 2.40. The highest BCUT2D eigenvalue weighted by molar-refractivity contribution is 7.99. The number of aromatic nitrogens is 1. The van der Waals surface area contributed by atoms with E-state index in [9.17, 15) is 13.6 Å². The minimum absolute atomic E-state index is 0.0866. The third kappa shape index (κ3) is 3.51. The van der Waals surface area contributed by atoms with Gasteiger partial charge in [0.1, 0.15) is 0 Å². The van der Waals surface area contributed by atoms with Crippen molar-refractivity contribution in [2.75, 3.05) is 0 Å². The Labute approximate surface area is 112 Å². The summed E-state index contributed by atoms with van der Waals surface area (Å²) in [4.78, 5) is 15.1. The van der Waals surface area contributed by atoms with Gasteiger partial charge in [-0.2, -0.15) is 8.78 Å². The Morgan fingerprint density at radius 2 is 1.84 bits per heavy atom. The molecule has 2 aromatic rings. The summed E-state index contributed by atoms with van der Waals surface area (Å²) in [6.07, 6.45) is 2.79. The number of alkyl halides is 2. The van der Waals surface area contributed by atoms with Gasteiger partial charge in [-0.1, -0.05) is 23.9 Å². The van der Waals surface area contributed by atoms with Crippen molar-refractivity contribution in [3.8, 4) is 11.1 Å². The lowest BCUT2D eigenvalue weighted by Gasteiger charge is -2.04. The predicted octanol–water partition coefficient (Wildman–Crippen LogP) is 3.76. The third-order valence-corrected chi connectivity index (χ3v) is 3.12. The molecule has 0 unspecified atom stereocenters. The van der Waals surface area contributed by atoms with Crippen LogP contribution in [-0.2, 0) is 0 Å². The maximum Gasteiger partial charge on any atom is 0.337 e. The zero-order chi connectivity index (χ0) is 13.8. The van der Waals surface area contributed by atoms with Gasteiger partial charge < -0.3 is 5.11 Å². The lowest BCUT2D eigenvalue weighted by Crippen LogP contribution is -1.97. The highest BCUT2D eigenvalue weighted by Crippen LogP contribution is 2.28. The molecule has 3 nitrogen and oxygen atoms in total. The summed E-state index contributed by atoms with van der Waals surface area (Å²) in [6, 6.07) is 7.95. The van der Waals surface area contributed by atoms with Crippen LogP contribution in [0, 0.1) is 0 Å². The van der Waals surface area contributed by atoms with Gasteiger partial charge in [0.05, 0.1) is 5.56 Å². The van der Waals surface area contributed by atoms with E-state index in [2.05, 4.69) is 4.98 Å². The smallest absolute Gasteiger partial charge is 0.337 e. The number of carboxylic acids is 1. The van der Waals surface area contributed by atoms with Crippen molar-refractivity contribution in [1.29, 1.82) is 0 Å². The average molecular weight is 281 g/mol. The largest absolute Gasteiger partial charge is 0.478 e. The number of benzene rings is 1. The molecule has 2 rings (SSSR count). The standard InChI is InChI=1S/C13H9F2NO2S/c14-13(15)19-11-3-1-8(2-4-11)9-5-10(12(17)18)7-16-6-9/h1-7,13H,(H,17,18). The Balaban J connectivity index is 2.27. The Bertz CT molecular complexity index is 587. The molecule has 19 heavy (non-hydrogen) atoms. The molecule has 6 heteroatoms. The van der Waals surface area contributed by atoms with Crippen LogP contribution in [-0.4, -0.2) is 21.8 Å². The highest BCUT2D eigenvalue weighted by Gasteiger charge is 2.07. The maximum absolute atomic E-state index is 12.2. The molecule has 1 aromatic carbocycles. The zero-order valence-electron chi connectivity index (χ0n) is 9.59. The fraction of sp³-hybridized carbons (Fsp3) is 0.0769. The number of pyridine rings is 1. The highest BCUT2D eigenvalue weighted by atomic mass is 32.2. The van der Waals surface area contributed by atoms with Crippen LogP contribution in [0.2, 0.25) is 0 Å². The summed E-state index contributed by atoms with van der Waals surface area (Å²) in [7, 11) is 0. The summed E-state index contributed by atoms with van der Waals surface area (Å²) in [5.41, 5.74) is 1.45. The van der Waals surface area contributed by atoms with Crippen LogP contribution in [0.1, 0.15) is 10.4 Å². The van der Waals surface area contributed by atoms with Gasteiger partial charge in [0.15, 0.2) is 0 Å². The van der Waals surface area contributed by atoms with E-state index in [0.717, 1.165) is 5.56 Å². The normalized spacial score (nSPS) is 10.7. The van der Waals surface area contributed by atoms with Crippen LogP contribution in [0.3, 0.4) is 0 Å². The molecule has 98 valence electrons. The summed E-state index contributed by atoms with van der Waals surface area (Å²) < 4.78 is 24.3. The minimum Gasteiger partial charge on any atom is -0.478 e. The first-order chi connectivity index (χ1) is 9.06. The molecule has 0 aliphatic heterocycles. The topological polar surface area (TPSA) is 50.2 Å². The Morgan fingerprint density at radius 1 is 1.16 bits per heavy atom. The molecule has 0 spiro atoms. The zero-order valence-corrected chi connectivity index (χ0v) is 10.4. The Morgan fingerprint density at radius 3 is 2.42 bits per heavy atom.